The minimum absolute atomic E-state index is 0.0390. The minimum Gasteiger partial charge on any atom is -0.490 e. The Bertz CT molecular complexity index is 1350. The predicted octanol–water partition coefficient (Wildman–Crippen LogP) is 5.13. The molecule has 37 heavy (non-hydrogen) atoms. The van der Waals surface area contributed by atoms with Gasteiger partial charge in [0.2, 0.25) is 11.8 Å². The van der Waals surface area contributed by atoms with Gasteiger partial charge in [0, 0.05) is 18.3 Å². The maximum Gasteiger partial charge on any atom is 0.234 e. The second kappa shape index (κ2) is 11.9. The number of carbonyl (C=O) groups excluding carboxylic acids is 1. The van der Waals surface area contributed by atoms with Crippen molar-refractivity contribution in [3.05, 3.63) is 77.7 Å². The summed E-state index contributed by atoms with van der Waals surface area (Å²) in [6, 6.07) is 17.7. The Balaban J connectivity index is 1.28. The Kier molecular flexibility index (Phi) is 7.96. The third kappa shape index (κ3) is 6.65. The minimum atomic E-state index is -0.0390. The highest BCUT2D eigenvalue weighted by Gasteiger charge is 2.17. The van der Waals surface area contributed by atoms with Crippen molar-refractivity contribution >= 4 is 16.9 Å². The van der Waals surface area contributed by atoms with Crippen LogP contribution in [-0.2, 0) is 17.9 Å². The summed E-state index contributed by atoms with van der Waals surface area (Å²) in [6.45, 7) is 4.70. The zero-order valence-electron chi connectivity index (χ0n) is 21.2. The number of benzene rings is 2. The largest absolute Gasteiger partial charge is 0.490 e. The molecule has 2 N–H and O–H groups in total. The Morgan fingerprint density at radius 1 is 1.05 bits per heavy atom. The number of aromatic nitrogens is 3. The lowest BCUT2D eigenvalue weighted by Crippen LogP contribution is -2.37. The first-order valence-corrected chi connectivity index (χ1v) is 12.9. The molecule has 1 aliphatic heterocycles. The smallest absolute Gasteiger partial charge is 0.234 e. The molecule has 1 aliphatic rings. The topological polar surface area (TPSA) is 92.4 Å². The summed E-state index contributed by atoms with van der Waals surface area (Å²) in [4.78, 5) is 27.5. The first kappa shape index (κ1) is 24.8. The summed E-state index contributed by atoms with van der Waals surface area (Å²) in [5.74, 6) is 2.60. The molecule has 0 fully saturated rings. The van der Waals surface area contributed by atoms with Gasteiger partial charge in [-0.1, -0.05) is 37.1 Å². The number of aromatic amines is 1. The van der Waals surface area contributed by atoms with Gasteiger partial charge in [0.1, 0.15) is 5.82 Å². The predicted molar refractivity (Wildman–Crippen MR) is 143 cm³/mol. The number of hydrogen-bond donors (Lipinski definition) is 2. The van der Waals surface area contributed by atoms with Crippen molar-refractivity contribution in [1.29, 1.82) is 0 Å². The molecule has 0 saturated carbocycles. The summed E-state index contributed by atoms with van der Waals surface area (Å²) in [6.07, 6.45) is 5.85. The highest BCUT2D eigenvalue weighted by molar-refractivity contribution is 5.78. The number of ether oxygens (including phenoxy) is 2. The average molecular weight is 500 g/mol. The number of aryl methyl sites for hydroxylation is 1. The highest BCUT2D eigenvalue weighted by atomic mass is 16.5. The molecule has 8 heteroatoms. The summed E-state index contributed by atoms with van der Waals surface area (Å²) in [7, 11) is 0. The van der Waals surface area contributed by atoms with E-state index in [2.05, 4.69) is 31.2 Å². The van der Waals surface area contributed by atoms with Crippen molar-refractivity contribution in [3.63, 3.8) is 0 Å². The van der Waals surface area contributed by atoms with E-state index in [4.69, 9.17) is 9.47 Å². The SMILES string of the molecule is Cc1ccc2nc(CNC(=O)CN3CCCCCCOc4ccccc4Oc4ncccc4C3)[nH]c2c1. The molecular weight excluding hydrogens is 466 g/mol. The summed E-state index contributed by atoms with van der Waals surface area (Å²) < 4.78 is 12.2. The molecule has 4 aromatic rings. The normalized spacial score (nSPS) is 15.1. The molecule has 0 bridgehead atoms. The van der Waals surface area contributed by atoms with Crippen molar-refractivity contribution in [2.75, 3.05) is 19.7 Å². The Morgan fingerprint density at radius 2 is 1.92 bits per heavy atom. The Hall–Kier alpha value is -3.91. The third-order valence-corrected chi connectivity index (χ3v) is 6.43. The van der Waals surface area contributed by atoms with E-state index in [-0.39, 0.29) is 12.5 Å². The second-order valence-electron chi connectivity index (χ2n) is 9.47. The number of hydrogen-bond acceptors (Lipinski definition) is 6. The van der Waals surface area contributed by atoms with E-state index in [0.717, 1.165) is 54.6 Å². The average Bonchev–Trinajstić information content (AvgIpc) is 3.30. The number of H-pyrrole nitrogens is 1. The fourth-order valence-electron chi connectivity index (χ4n) is 4.52. The van der Waals surface area contributed by atoms with Crippen LogP contribution in [0, 0.1) is 6.92 Å². The van der Waals surface area contributed by atoms with Gasteiger partial charge >= 0.3 is 0 Å². The lowest BCUT2D eigenvalue weighted by molar-refractivity contribution is -0.122. The zero-order valence-corrected chi connectivity index (χ0v) is 21.2. The van der Waals surface area contributed by atoms with Crippen LogP contribution in [0.1, 0.15) is 42.6 Å². The molecule has 2 aromatic carbocycles. The van der Waals surface area contributed by atoms with Gasteiger partial charge in [0.05, 0.1) is 30.7 Å². The van der Waals surface area contributed by atoms with Gasteiger partial charge in [-0.15, -0.1) is 0 Å². The third-order valence-electron chi connectivity index (χ3n) is 6.43. The van der Waals surface area contributed by atoms with Crippen LogP contribution in [0.5, 0.6) is 17.4 Å². The number of nitrogens with zero attached hydrogens (tertiary/aromatic N) is 3. The number of amides is 1. The molecule has 3 heterocycles. The molecule has 0 saturated heterocycles. The maximum atomic E-state index is 12.9. The van der Waals surface area contributed by atoms with Gasteiger partial charge < -0.3 is 19.8 Å². The van der Waals surface area contributed by atoms with Gasteiger partial charge in [0.25, 0.3) is 0 Å². The molecule has 0 spiro atoms. The van der Waals surface area contributed by atoms with Crippen molar-refractivity contribution in [2.24, 2.45) is 0 Å². The van der Waals surface area contributed by atoms with Crippen LogP contribution in [-0.4, -0.2) is 45.5 Å². The van der Waals surface area contributed by atoms with Crippen LogP contribution in [0.2, 0.25) is 0 Å². The number of carbonyl (C=O) groups is 1. The van der Waals surface area contributed by atoms with Crippen LogP contribution in [0.25, 0.3) is 11.0 Å². The molecule has 0 atom stereocenters. The second-order valence-corrected chi connectivity index (χ2v) is 9.47. The Labute approximate surface area is 217 Å². The fraction of sp³-hybridized carbons (Fsp3) is 0.345. The van der Waals surface area contributed by atoms with Crippen molar-refractivity contribution in [1.82, 2.24) is 25.2 Å². The molecule has 0 radical (unpaired) electrons. The molecule has 1 amide bonds. The lowest BCUT2D eigenvalue weighted by atomic mass is 10.1. The van der Waals surface area contributed by atoms with Crippen molar-refractivity contribution in [3.8, 4) is 17.4 Å². The summed E-state index contributed by atoms with van der Waals surface area (Å²) in [5.41, 5.74) is 3.98. The molecule has 0 unspecified atom stereocenters. The van der Waals surface area contributed by atoms with E-state index >= 15 is 0 Å². The molecule has 2 aromatic heterocycles. The van der Waals surface area contributed by atoms with Gasteiger partial charge in [0.15, 0.2) is 11.5 Å². The summed E-state index contributed by atoms with van der Waals surface area (Å²) >= 11 is 0. The van der Waals surface area contributed by atoms with Crippen molar-refractivity contribution < 1.29 is 14.3 Å². The van der Waals surface area contributed by atoms with Gasteiger partial charge in [-0.2, -0.15) is 0 Å². The number of pyridine rings is 1. The van der Waals surface area contributed by atoms with Crippen LogP contribution >= 0.6 is 0 Å². The lowest BCUT2D eigenvalue weighted by Gasteiger charge is -2.23. The molecule has 0 aliphatic carbocycles. The monoisotopic (exact) mass is 499 g/mol. The first-order chi connectivity index (χ1) is 18.1. The first-order valence-electron chi connectivity index (χ1n) is 12.9. The van der Waals surface area contributed by atoms with Gasteiger partial charge in [-0.05, 0) is 62.2 Å². The zero-order chi connectivity index (χ0) is 25.5. The number of fused-ring (bicyclic) bond motifs is 3. The van der Waals surface area contributed by atoms with E-state index in [1.165, 1.54) is 5.56 Å². The standard InChI is InChI=1S/C29H33N5O3/c1-21-12-13-23-24(17-21)33-27(32-23)18-31-28(35)20-34-15-6-2-3-7-16-36-25-10-4-5-11-26(25)37-29-22(19-34)9-8-14-30-29/h4-5,8-14,17H,2-3,6-7,15-16,18-20H2,1H3,(H,31,35)(H,32,33). The molecule has 5 rings (SSSR count). The van der Waals surface area contributed by atoms with Crippen LogP contribution in [0.4, 0.5) is 0 Å². The number of imidazole rings is 1. The molecular formula is C29H33N5O3. The molecule has 8 nitrogen and oxygen atoms in total. The molecule has 192 valence electrons. The maximum absolute atomic E-state index is 12.9. The number of nitrogens with one attached hydrogen (secondary N) is 2. The van der Waals surface area contributed by atoms with E-state index in [1.807, 2.05) is 55.5 Å². The summed E-state index contributed by atoms with van der Waals surface area (Å²) in [5, 5.41) is 3.03. The quantitative estimate of drug-likeness (QED) is 0.404. The van der Waals surface area contributed by atoms with E-state index in [0.29, 0.717) is 37.1 Å². The number of rotatable bonds is 4. The fourth-order valence-corrected chi connectivity index (χ4v) is 4.52. The van der Waals surface area contributed by atoms with Gasteiger partial charge in [-0.25, -0.2) is 9.97 Å². The van der Waals surface area contributed by atoms with Gasteiger partial charge in [-0.3, -0.25) is 9.69 Å². The van der Waals surface area contributed by atoms with Crippen LogP contribution in [0.3, 0.4) is 0 Å². The van der Waals surface area contributed by atoms with E-state index < -0.39 is 0 Å². The Morgan fingerprint density at radius 3 is 2.84 bits per heavy atom. The van der Waals surface area contributed by atoms with E-state index in [9.17, 15) is 4.79 Å². The van der Waals surface area contributed by atoms with Crippen LogP contribution in [0.15, 0.2) is 60.8 Å². The van der Waals surface area contributed by atoms with Crippen molar-refractivity contribution in [2.45, 2.75) is 45.7 Å². The highest BCUT2D eigenvalue weighted by Crippen LogP contribution is 2.32. The number of para-hydroxylation sites is 2. The van der Waals surface area contributed by atoms with E-state index in [1.54, 1.807) is 6.20 Å². The van der Waals surface area contributed by atoms with Crippen LogP contribution < -0.4 is 14.8 Å².